The van der Waals surface area contributed by atoms with Crippen LogP contribution in [0.1, 0.15) is 41.5 Å². The second-order valence-electron chi connectivity index (χ2n) is 6.86. The third kappa shape index (κ3) is 3.20. The highest BCUT2D eigenvalue weighted by atomic mass is 35.5. The molecule has 1 unspecified atom stereocenters. The van der Waals surface area contributed by atoms with Crippen molar-refractivity contribution in [1.82, 2.24) is 19.5 Å². The molecule has 7 nitrogen and oxygen atoms in total. The van der Waals surface area contributed by atoms with E-state index in [-0.39, 0.29) is 10.7 Å². The van der Waals surface area contributed by atoms with Gasteiger partial charge in [0, 0.05) is 20.1 Å². The summed E-state index contributed by atoms with van der Waals surface area (Å²) in [7, 11) is 1.79. The Balaban J connectivity index is 1.72. The molecular formula is C20H19ClN6O. The first-order valence-electron chi connectivity index (χ1n) is 9.23. The summed E-state index contributed by atoms with van der Waals surface area (Å²) in [5.74, 6) is -0.706. The maximum Gasteiger partial charge on any atom is 0.226 e. The Hall–Kier alpha value is -2.98. The predicted octanol–water partition coefficient (Wildman–Crippen LogP) is 3.50. The van der Waals surface area contributed by atoms with Crippen molar-refractivity contribution in [2.24, 2.45) is 7.05 Å². The average molecular weight is 395 g/mol. The van der Waals surface area contributed by atoms with E-state index in [0.29, 0.717) is 11.8 Å². The molecule has 0 saturated carbocycles. The average Bonchev–Trinajstić information content (AvgIpc) is 3.06. The molecule has 1 fully saturated rings. The molecule has 1 aliphatic heterocycles. The van der Waals surface area contributed by atoms with Gasteiger partial charge < -0.3 is 9.47 Å². The molecule has 0 aliphatic carbocycles. The van der Waals surface area contributed by atoms with Crippen LogP contribution in [0.5, 0.6) is 0 Å². The Labute approximate surface area is 167 Å². The number of piperidine rings is 1. The van der Waals surface area contributed by atoms with Gasteiger partial charge in [-0.25, -0.2) is 15.0 Å². The normalized spacial score (nSPS) is 15.4. The molecule has 4 rings (SSSR count). The Morgan fingerprint density at radius 3 is 2.68 bits per heavy atom. The quantitative estimate of drug-likeness (QED) is 0.629. The number of aromatic nitrogens is 4. The first-order chi connectivity index (χ1) is 13.6. The van der Waals surface area contributed by atoms with Crippen molar-refractivity contribution in [2.75, 3.05) is 18.0 Å². The van der Waals surface area contributed by atoms with Crippen molar-refractivity contribution in [2.45, 2.75) is 25.2 Å². The number of aryl methyl sites for hydroxylation is 1. The number of fused-ring (bicyclic) bond motifs is 1. The second kappa shape index (κ2) is 7.56. The van der Waals surface area contributed by atoms with Crippen molar-refractivity contribution in [3.63, 3.8) is 0 Å². The molecule has 2 aromatic heterocycles. The molecule has 1 atom stereocenters. The molecule has 3 heterocycles. The second-order valence-corrected chi connectivity index (χ2v) is 7.27. The summed E-state index contributed by atoms with van der Waals surface area (Å²) in [5.41, 5.74) is 1.65. The van der Waals surface area contributed by atoms with Gasteiger partial charge in [-0.1, -0.05) is 23.7 Å². The van der Waals surface area contributed by atoms with Gasteiger partial charge in [0.15, 0.2) is 5.92 Å². The number of hydrogen-bond donors (Lipinski definition) is 0. The molecule has 28 heavy (non-hydrogen) atoms. The monoisotopic (exact) mass is 394 g/mol. The fourth-order valence-electron chi connectivity index (χ4n) is 3.57. The van der Waals surface area contributed by atoms with E-state index in [1.165, 1.54) is 12.6 Å². The predicted molar refractivity (Wildman–Crippen MR) is 107 cm³/mol. The number of benzene rings is 1. The minimum absolute atomic E-state index is 0.0656. The van der Waals surface area contributed by atoms with E-state index in [2.05, 4.69) is 21.0 Å². The minimum atomic E-state index is -1.10. The van der Waals surface area contributed by atoms with Gasteiger partial charge in [0.2, 0.25) is 11.7 Å². The molecule has 0 N–H and O–H groups in total. The molecule has 0 amide bonds. The number of Topliss-reactive ketones (excluding diaryl/α,β-unsaturated/α-hetero) is 1. The van der Waals surface area contributed by atoms with Crippen LogP contribution >= 0.6 is 11.6 Å². The number of ketones is 1. The van der Waals surface area contributed by atoms with E-state index in [0.717, 1.165) is 37.0 Å². The van der Waals surface area contributed by atoms with Gasteiger partial charge in [0.25, 0.3) is 0 Å². The highest BCUT2D eigenvalue weighted by Gasteiger charge is 2.30. The lowest BCUT2D eigenvalue weighted by Crippen LogP contribution is -2.31. The molecule has 1 saturated heterocycles. The van der Waals surface area contributed by atoms with Crippen LogP contribution in [0.3, 0.4) is 0 Å². The molecule has 0 bridgehead atoms. The molecular weight excluding hydrogens is 376 g/mol. The fourth-order valence-corrected chi connectivity index (χ4v) is 3.75. The first kappa shape index (κ1) is 18.4. The Morgan fingerprint density at radius 2 is 1.96 bits per heavy atom. The van der Waals surface area contributed by atoms with Gasteiger partial charge in [-0.15, -0.1) is 0 Å². The first-order valence-corrected chi connectivity index (χ1v) is 9.60. The van der Waals surface area contributed by atoms with Crippen LogP contribution in [0.15, 0.2) is 30.5 Å². The van der Waals surface area contributed by atoms with Gasteiger partial charge in [0.1, 0.15) is 11.5 Å². The third-order valence-corrected chi connectivity index (χ3v) is 5.35. The Kier molecular flexibility index (Phi) is 4.97. The van der Waals surface area contributed by atoms with Gasteiger partial charge >= 0.3 is 0 Å². The number of para-hydroxylation sites is 2. The van der Waals surface area contributed by atoms with E-state index in [1.807, 2.05) is 29.2 Å². The van der Waals surface area contributed by atoms with Crippen molar-refractivity contribution in [3.8, 4) is 6.07 Å². The number of halogens is 1. The number of nitrogens with zero attached hydrogens (tertiary/aromatic N) is 6. The van der Waals surface area contributed by atoms with Crippen molar-refractivity contribution in [3.05, 3.63) is 47.0 Å². The van der Waals surface area contributed by atoms with Crippen LogP contribution in [-0.4, -0.2) is 38.4 Å². The zero-order valence-corrected chi connectivity index (χ0v) is 16.2. The molecule has 8 heteroatoms. The maximum atomic E-state index is 13.2. The van der Waals surface area contributed by atoms with E-state index in [1.54, 1.807) is 11.6 Å². The van der Waals surface area contributed by atoms with Crippen molar-refractivity contribution in [1.29, 1.82) is 5.26 Å². The summed E-state index contributed by atoms with van der Waals surface area (Å²) in [6.07, 6.45) is 4.75. The standard InChI is InChI=1S/C20H19ClN6O/c1-26-16-8-4-3-7-15(16)24-19(26)13(11-22)18(28)17-14(21)12-23-20(25-17)27-9-5-2-6-10-27/h3-4,7-8,12-13H,2,5-6,9-10H2,1H3. The molecule has 0 radical (unpaired) electrons. The number of imidazole rings is 1. The van der Waals surface area contributed by atoms with Crippen LogP contribution < -0.4 is 4.90 Å². The van der Waals surface area contributed by atoms with E-state index < -0.39 is 11.7 Å². The molecule has 1 aliphatic rings. The Bertz CT molecular complexity index is 1080. The lowest BCUT2D eigenvalue weighted by Gasteiger charge is -2.26. The molecule has 142 valence electrons. The smallest absolute Gasteiger partial charge is 0.226 e. The van der Waals surface area contributed by atoms with Crippen LogP contribution in [0.4, 0.5) is 5.95 Å². The highest BCUT2D eigenvalue weighted by Crippen LogP contribution is 2.27. The molecule has 0 spiro atoms. The van der Waals surface area contributed by atoms with Crippen molar-refractivity contribution < 1.29 is 4.79 Å². The zero-order valence-electron chi connectivity index (χ0n) is 15.5. The summed E-state index contributed by atoms with van der Waals surface area (Å²) >= 11 is 6.24. The summed E-state index contributed by atoms with van der Waals surface area (Å²) in [6.45, 7) is 1.70. The third-order valence-electron chi connectivity index (χ3n) is 5.07. The maximum absolute atomic E-state index is 13.2. The number of rotatable bonds is 4. The number of carbonyl (C=O) groups excluding carboxylic acids is 1. The van der Waals surface area contributed by atoms with Gasteiger partial charge in [-0.05, 0) is 31.4 Å². The topological polar surface area (TPSA) is 87.7 Å². The van der Waals surface area contributed by atoms with Crippen LogP contribution in [0, 0.1) is 11.3 Å². The number of anilines is 1. The molecule has 1 aromatic carbocycles. The minimum Gasteiger partial charge on any atom is -0.341 e. The highest BCUT2D eigenvalue weighted by molar-refractivity contribution is 6.33. The van der Waals surface area contributed by atoms with Crippen LogP contribution in [0.25, 0.3) is 11.0 Å². The lowest BCUT2D eigenvalue weighted by atomic mass is 10.0. The summed E-state index contributed by atoms with van der Waals surface area (Å²) in [4.78, 5) is 28.4. The number of carbonyl (C=O) groups is 1. The summed E-state index contributed by atoms with van der Waals surface area (Å²) in [6, 6.07) is 9.59. The van der Waals surface area contributed by atoms with Crippen LogP contribution in [-0.2, 0) is 7.05 Å². The van der Waals surface area contributed by atoms with E-state index in [4.69, 9.17) is 11.6 Å². The van der Waals surface area contributed by atoms with Gasteiger partial charge in [-0.2, -0.15) is 5.26 Å². The summed E-state index contributed by atoms with van der Waals surface area (Å²) in [5, 5.41) is 9.89. The Morgan fingerprint density at radius 1 is 1.21 bits per heavy atom. The fraction of sp³-hybridized carbons (Fsp3) is 0.350. The summed E-state index contributed by atoms with van der Waals surface area (Å²) < 4.78 is 1.77. The SMILES string of the molecule is Cn1c(C(C#N)C(=O)c2nc(N3CCCCC3)ncc2Cl)nc2ccccc21. The number of nitriles is 1. The lowest BCUT2D eigenvalue weighted by molar-refractivity contribution is 0.0970. The van der Waals surface area contributed by atoms with Gasteiger partial charge in [0.05, 0.1) is 28.3 Å². The van der Waals surface area contributed by atoms with E-state index >= 15 is 0 Å². The largest absolute Gasteiger partial charge is 0.341 e. The van der Waals surface area contributed by atoms with E-state index in [9.17, 15) is 10.1 Å². The number of hydrogen-bond acceptors (Lipinski definition) is 6. The van der Waals surface area contributed by atoms with Crippen LogP contribution in [0.2, 0.25) is 5.02 Å². The van der Waals surface area contributed by atoms with Gasteiger partial charge in [-0.3, -0.25) is 4.79 Å². The zero-order chi connectivity index (χ0) is 19.7. The van der Waals surface area contributed by atoms with Crippen molar-refractivity contribution >= 4 is 34.4 Å². The molecule has 3 aromatic rings.